The Morgan fingerprint density at radius 3 is 2.76 bits per heavy atom. The Morgan fingerprint density at radius 1 is 1.14 bits per heavy atom. The molecule has 0 fully saturated rings. The van der Waals surface area contributed by atoms with Crippen LogP contribution in [0.15, 0.2) is 48.5 Å². The Kier molecular flexibility index (Phi) is 3.91. The highest BCUT2D eigenvalue weighted by atomic mass is 16.5. The molecule has 0 bridgehead atoms. The third-order valence-electron chi connectivity index (χ3n) is 3.70. The molecule has 0 amide bonds. The monoisotopic (exact) mass is 281 g/mol. The molecule has 1 aliphatic heterocycles. The van der Waals surface area contributed by atoms with Crippen molar-refractivity contribution in [2.24, 2.45) is 0 Å². The summed E-state index contributed by atoms with van der Waals surface area (Å²) in [5, 5.41) is 3.46. The van der Waals surface area contributed by atoms with Crippen molar-refractivity contribution in [3.05, 3.63) is 59.7 Å². The molecule has 3 heteroatoms. The van der Waals surface area contributed by atoms with Crippen LogP contribution < -0.4 is 10.1 Å². The van der Waals surface area contributed by atoms with Gasteiger partial charge in [-0.1, -0.05) is 37.3 Å². The Bertz CT molecular complexity index is 651. The van der Waals surface area contributed by atoms with Gasteiger partial charge >= 0.3 is 0 Å². The van der Waals surface area contributed by atoms with Crippen LogP contribution in [0.2, 0.25) is 0 Å². The van der Waals surface area contributed by atoms with E-state index in [0.717, 1.165) is 29.0 Å². The number of hydrogen-bond donors (Lipinski definition) is 1. The number of anilines is 1. The molecule has 1 aliphatic rings. The Morgan fingerprint density at radius 2 is 1.90 bits per heavy atom. The van der Waals surface area contributed by atoms with E-state index in [0.29, 0.717) is 13.0 Å². The van der Waals surface area contributed by atoms with Crippen LogP contribution in [-0.2, 0) is 0 Å². The van der Waals surface area contributed by atoms with Crippen molar-refractivity contribution in [2.75, 3.05) is 11.9 Å². The lowest BCUT2D eigenvalue weighted by molar-refractivity contribution is 0.0972. The number of rotatable bonds is 4. The summed E-state index contributed by atoms with van der Waals surface area (Å²) in [6, 6.07) is 15.6. The number of ether oxygens (including phenoxy) is 1. The van der Waals surface area contributed by atoms with Crippen molar-refractivity contribution in [3.8, 4) is 5.75 Å². The van der Waals surface area contributed by atoms with Gasteiger partial charge in [0.1, 0.15) is 5.75 Å². The number of benzene rings is 2. The van der Waals surface area contributed by atoms with E-state index in [9.17, 15) is 4.79 Å². The van der Waals surface area contributed by atoms with E-state index < -0.39 is 0 Å². The fraction of sp³-hybridized carbons (Fsp3) is 0.278. The summed E-state index contributed by atoms with van der Waals surface area (Å²) < 4.78 is 5.81. The van der Waals surface area contributed by atoms with Gasteiger partial charge in [-0.15, -0.1) is 0 Å². The van der Waals surface area contributed by atoms with Crippen molar-refractivity contribution >= 4 is 11.5 Å². The lowest BCUT2D eigenvalue weighted by atomic mass is 9.92. The first-order valence-electron chi connectivity index (χ1n) is 7.40. The summed E-state index contributed by atoms with van der Waals surface area (Å²) >= 11 is 0. The van der Waals surface area contributed by atoms with Gasteiger partial charge in [-0.2, -0.15) is 0 Å². The van der Waals surface area contributed by atoms with Crippen LogP contribution in [0, 0.1) is 0 Å². The molecule has 3 rings (SSSR count). The first-order chi connectivity index (χ1) is 10.3. The molecule has 1 unspecified atom stereocenters. The third-order valence-corrected chi connectivity index (χ3v) is 3.70. The van der Waals surface area contributed by atoms with Gasteiger partial charge in [0, 0.05) is 23.2 Å². The van der Waals surface area contributed by atoms with E-state index in [2.05, 4.69) is 12.2 Å². The van der Waals surface area contributed by atoms with Gasteiger partial charge in [0.15, 0.2) is 5.78 Å². The van der Waals surface area contributed by atoms with E-state index in [1.165, 1.54) is 0 Å². The molecule has 21 heavy (non-hydrogen) atoms. The summed E-state index contributed by atoms with van der Waals surface area (Å²) in [7, 11) is 0. The molecule has 1 heterocycles. The van der Waals surface area contributed by atoms with Gasteiger partial charge in [0.05, 0.1) is 12.6 Å². The molecule has 0 spiro atoms. The van der Waals surface area contributed by atoms with Crippen LogP contribution in [0.25, 0.3) is 0 Å². The molecule has 0 saturated carbocycles. The normalized spacial score (nSPS) is 17.0. The summed E-state index contributed by atoms with van der Waals surface area (Å²) in [5.74, 6) is 1.05. The van der Waals surface area contributed by atoms with Gasteiger partial charge in [0.25, 0.3) is 0 Å². The number of carbonyl (C=O) groups excluding carboxylic acids is 1. The Labute approximate surface area is 124 Å². The molecular formula is C18H19NO2. The topological polar surface area (TPSA) is 38.3 Å². The maximum absolute atomic E-state index is 12.3. The molecular weight excluding hydrogens is 262 g/mol. The van der Waals surface area contributed by atoms with Gasteiger partial charge < -0.3 is 10.1 Å². The molecule has 0 aliphatic carbocycles. The van der Waals surface area contributed by atoms with Crippen molar-refractivity contribution in [1.82, 2.24) is 0 Å². The molecule has 0 radical (unpaired) electrons. The molecule has 2 aromatic rings. The minimum Gasteiger partial charge on any atom is -0.493 e. The standard InChI is InChI=1S/C18H19NO2/c1-2-11-21-18-10-6-4-8-14(18)16-12-17(20)13-7-3-5-9-15(13)19-16/h3-10,16,19H,2,11-12H2,1H3. The van der Waals surface area contributed by atoms with E-state index in [1.54, 1.807) is 0 Å². The number of hydrogen-bond acceptors (Lipinski definition) is 3. The molecule has 0 saturated heterocycles. The summed E-state index contributed by atoms with van der Waals surface area (Å²) in [6.45, 7) is 2.77. The van der Waals surface area contributed by atoms with Gasteiger partial charge in [-0.05, 0) is 24.6 Å². The highest BCUT2D eigenvalue weighted by molar-refractivity contribution is 6.03. The lowest BCUT2D eigenvalue weighted by Crippen LogP contribution is -2.23. The predicted octanol–water partition coefficient (Wildman–Crippen LogP) is 4.22. The second kappa shape index (κ2) is 6.00. The fourth-order valence-electron chi connectivity index (χ4n) is 2.69. The van der Waals surface area contributed by atoms with Crippen molar-refractivity contribution in [1.29, 1.82) is 0 Å². The summed E-state index contributed by atoms with van der Waals surface area (Å²) in [5.41, 5.74) is 2.73. The number of para-hydroxylation sites is 2. The van der Waals surface area contributed by atoms with Gasteiger partial charge in [0.2, 0.25) is 0 Å². The molecule has 1 atom stereocenters. The van der Waals surface area contributed by atoms with E-state index in [-0.39, 0.29) is 11.8 Å². The highest BCUT2D eigenvalue weighted by Gasteiger charge is 2.26. The van der Waals surface area contributed by atoms with E-state index in [4.69, 9.17) is 4.74 Å². The van der Waals surface area contributed by atoms with Gasteiger partial charge in [-0.25, -0.2) is 0 Å². The van der Waals surface area contributed by atoms with Crippen LogP contribution in [0.4, 0.5) is 5.69 Å². The van der Waals surface area contributed by atoms with Crippen LogP contribution in [0.3, 0.4) is 0 Å². The maximum Gasteiger partial charge on any atom is 0.167 e. The third kappa shape index (κ3) is 2.77. The predicted molar refractivity (Wildman–Crippen MR) is 84.0 cm³/mol. The van der Waals surface area contributed by atoms with Crippen LogP contribution >= 0.6 is 0 Å². The second-order valence-electron chi connectivity index (χ2n) is 5.26. The van der Waals surface area contributed by atoms with Crippen molar-refractivity contribution < 1.29 is 9.53 Å². The first-order valence-corrected chi connectivity index (χ1v) is 7.40. The van der Waals surface area contributed by atoms with Crippen molar-refractivity contribution in [2.45, 2.75) is 25.8 Å². The SMILES string of the molecule is CCCOc1ccccc1C1CC(=O)c2ccccc2N1. The lowest BCUT2D eigenvalue weighted by Gasteiger charge is -2.27. The van der Waals surface area contributed by atoms with Crippen LogP contribution in [0.5, 0.6) is 5.75 Å². The van der Waals surface area contributed by atoms with E-state index in [1.807, 2.05) is 48.5 Å². The molecule has 2 aromatic carbocycles. The average Bonchev–Trinajstić information content (AvgIpc) is 2.53. The zero-order chi connectivity index (χ0) is 14.7. The minimum absolute atomic E-state index is 0.0274. The quantitative estimate of drug-likeness (QED) is 0.912. The number of fused-ring (bicyclic) bond motifs is 1. The van der Waals surface area contributed by atoms with Crippen molar-refractivity contribution in [3.63, 3.8) is 0 Å². The fourth-order valence-corrected chi connectivity index (χ4v) is 2.69. The molecule has 108 valence electrons. The van der Waals surface area contributed by atoms with E-state index >= 15 is 0 Å². The second-order valence-corrected chi connectivity index (χ2v) is 5.26. The van der Waals surface area contributed by atoms with Crippen LogP contribution in [0.1, 0.15) is 41.7 Å². The summed E-state index contributed by atoms with van der Waals surface area (Å²) in [6.07, 6.45) is 1.43. The average molecular weight is 281 g/mol. The smallest absolute Gasteiger partial charge is 0.167 e. The largest absolute Gasteiger partial charge is 0.493 e. The maximum atomic E-state index is 12.3. The molecule has 0 aromatic heterocycles. The summed E-state index contributed by atoms with van der Waals surface area (Å²) in [4.78, 5) is 12.3. The zero-order valence-electron chi connectivity index (χ0n) is 12.1. The zero-order valence-corrected chi connectivity index (χ0v) is 12.1. The highest BCUT2D eigenvalue weighted by Crippen LogP contribution is 2.36. The molecule has 1 N–H and O–H groups in total. The molecule has 3 nitrogen and oxygen atoms in total. The number of nitrogens with one attached hydrogen (secondary N) is 1. The minimum atomic E-state index is -0.0274. The van der Waals surface area contributed by atoms with Gasteiger partial charge in [-0.3, -0.25) is 4.79 Å². The number of Topliss-reactive ketones (excluding diaryl/α,β-unsaturated/α-hetero) is 1. The number of carbonyl (C=O) groups is 1. The Hall–Kier alpha value is -2.29. The number of ketones is 1. The first kappa shape index (κ1) is 13.7. The Balaban J connectivity index is 1.91. The van der Waals surface area contributed by atoms with Crippen LogP contribution in [-0.4, -0.2) is 12.4 Å².